The van der Waals surface area contributed by atoms with Gasteiger partial charge >= 0.3 is 0 Å². The van der Waals surface area contributed by atoms with Crippen molar-refractivity contribution in [3.8, 4) is 0 Å². The number of aliphatic imine (C=N–C) groups is 1. The van der Waals surface area contributed by atoms with Crippen molar-refractivity contribution in [1.82, 2.24) is 14.9 Å². The number of piperazine rings is 1. The van der Waals surface area contributed by atoms with Crippen LogP contribution >= 0.6 is 11.8 Å². The molecular weight excluding hydrogens is 296 g/mol. The summed E-state index contributed by atoms with van der Waals surface area (Å²) in [6, 6.07) is 1.84. The molecule has 2 aliphatic rings. The third-order valence-corrected chi connectivity index (χ3v) is 6.07. The van der Waals surface area contributed by atoms with E-state index in [0.717, 1.165) is 38.7 Å². The van der Waals surface area contributed by atoms with E-state index in [1.807, 2.05) is 17.8 Å². The molecule has 0 spiro atoms. The van der Waals surface area contributed by atoms with Crippen LogP contribution in [-0.4, -0.2) is 64.6 Å². The van der Waals surface area contributed by atoms with E-state index in [1.165, 1.54) is 19.3 Å². The lowest BCUT2D eigenvalue weighted by molar-refractivity contribution is 0.359. The summed E-state index contributed by atoms with van der Waals surface area (Å²) >= 11 is 1.94. The van der Waals surface area contributed by atoms with Gasteiger partial charge in [0.1, 0.15) is 0 Å². The minimum Gasteiger partial charge on any atom is -0.370 e. The molecule has 1 aliphatic carbocycles. The third-order valence-electron chi connectivity index (χ3n) is 4.67. The van der Waals surface area contributed by atoms with Crippen LogP contribution in [0, 0.1) is 0 Å². The second-order valence-corrected chi connectivity index (χ2v) is 7.21. The Labute approximate surface area is 136 Å². The Balaban J connectivity index is 1.52. The van der Waals surface area contributed by atoms with Crippen molar-refractivity contribution in [1.29, 1.82) is 0 Å². The molecule has 0 bridgehead atoms. The van der Waals surface area contributed by atoms with Crippen molar-refractivity contribution in [2.75, 3.05) is 43.9 Å². The molecule has 0 unspecified atom stereocenters. The number of thioether (sulfide) groups is 1. The van der Waals surface area contributed by atoms with Crippen molar-refractivity contribution in [2.45, 2.75) is 24.0 Å². The minimum atomic E-state index is 0.352. The molecule has 7 heteroatoms. The fourth-order valence-corrected chi connectivity index (χ4v) is 3.80. The molecule has 2 N–H and O–H groups in total. The van der Waals surface area contributed by atoms with Gasteiger partial charge in [0.2, 0.25) is 5.95 Å². The van der Waals surface area contributed by atoms with Gasteiger partial charge in [-0.05, 0) is 25.2 Å². The van der Waals surface area contributed by atoms with E-state index in [9.17, 15) is 0 Å². The Bertz CT molecular complexity index is 503. The van der Waals surface area contributed by atoms with Gasteiger partial charge in [-0.3, -0.25) is 4.99 Å². The van der Waals surface area contributed by atoms with Crippen LogP contribution in [0.25, 0.3) is 0 Å². The monoisotopic (exact) mass is 320 g/mol. The van der Waals surface area contributed by atoms with E-state index >= 15 is 0 Å². The zero-order chi connectivity index (χ0) is 15.4. The maximum atomic E-state index is 6.19. The molecule has 22 heavy (non-hydrogen) atoms. The Kier molecular flexibility index (Phi) is 4.71. The van der Waals surface area contributed by atoms with Crippen LogP contribution < -0.4 is 10.6 Å². The molecule has 1 saturated heterocycles. The van der Waals surface area contributed by atoms with Crippen LogP contribution in [0.3, 0.4) is 0 Å². The first-order valence-corrected chi connectivity index (χ1v) is 9.07. The Morgan fingerprint density at radius 2 is 1.95 bits per heavy atom. The second-order valence-electron chi connectivity index (χ2n) is 5.94. The summed E-state index contributed by atoms with van der Waals surface area (Å²) in [4.78, 5) is 17.6. The molecule has 1 aliphatic heterocycles. The Morgan fingerprint density at radius 1 is 1.27 bits per heavy atom. The van der Waals surface area contributed by atoms with Gasteiger partial charge in [0.25, 0.3) is 0 Å². The topological polar surface area (TPSA) is 70.6 Å². The van der Waals surface area contributed by atoms with Crippen LogP contribution in [0.5, 0.6) is 0 Å². The number of guanidine groups is 1. The summed E-state index contributed by atoms with van der Waals surface area (Å²) in [7, 11) is 0. The lowest BCUT2D eigenvalue weighted by Gasteiger charge is -2.40. The summed E-state index contributed by atoms with van der Waals surface area (Å²) in [5.41, 5.74) is 6.19. The maximum absolute atomic E-state index is 6.19. The van der Waals surface area contributed by atoms with Gasteiger partial charge < -0.3 is 15.5 Å². The highest BCUT2D eigenvalue weighted by molar-refractivity contribution is 8.00. The number of nitrogens with two attached hydrogens (primary N) is 1. The quantitative estimate of drug-likeness (QED) is 0.664. The molecule has 3 rings (SSSR count). The SMILES string of the molecule is CSC1(CN=C(N)N2CCN(c3ncccn3)CC2)CCC1. The highest BCUT2D eigenvalue weighted by atomic mass is 32.2. The van der Waals surface area contributed by atoms with E-state index in [4.69, 9.17) is 5.73 Å². The molecule has 0 atom stereocenters. The molecule has 0 amide bonds. The number of rotatable bonds is 4. The fourth-order valence-electron chi connectivity index (χ4n) is 2.91. The summed E-state index contributed by atoms with van der Waals surface area (Å²) in [6.45, 7) is 4.36. The lowest BCUT2D eigenvalue weighted by Crippen LogP contribution is -2.52. The molecule has 2 heterocycles. The average Bonchev–Trinajstić information content (AvgIpc) is 2.55. The number of hydrogen-bond donors (Lipinski definition) is 1. The zero-order valence-corrected chi connectivity index (χ0v) is 13.9. The highest BCUT2D eigenvalue weighted by Crippen LogP contribution is 2.42. The van der Waals surface area contributed by atoms with Gasteiger partial charge in [-0.2, -0.15) is 11.8 Å². The number of anilines is 1. The van der Waals surface area contributed by atoms with Gasteiger partial charge in [-0.25, -0.2) is 9.97 Å². The van der Waals surface area contributed by atoms with Crippen LogP contribution in [0.4, 0.5) is 5.95 Å². The van der Waals surface area contributed by atoms with Crippen molar-refractivity contribution in [2.24, 2.45) is 10.7 Å². The van der Waals surface area contributed by atoms with E-state index < -0.39 is 0 Å². The van der Waals surface area contributed by atoms with E-state index in [2.05, 4.69) is 31.0 Å². The zero-order valence-electron chi connectivity index (χ0n) is 13.1. The average molecular weight is 320 g/mol. The molecule has 2 fully saturated rings. The molecular formula is C15H24N6S. The molecule has 0 aromatic carbocycles. The summed E-state index contributed by atoms with van der Waals surface area (Å²) < 4.78 is 0.352. The fraction of sp³-hybridized carbons (Fsp3) is 0.667. The van der Waals surface area contributed by atoms with Crippen LogP contribution in [-0.2, 0) is 0 Å². The van der Waals surface area contributed by atoms with Gasteiger partial charge in [0.05, 0.1) is 6.54 Å². The lowest BCUT2D eigenvalue weighted by atomic mass is 9.84. The minimum absolute atomic E-state index is 0.352. The first kappa shape index (κ1) is 15.4. The smallest absolute Gasteiger partial charge is 0.225 e. The van der Waals surface area contributed by atoms with Crippen LogP contribution in [0.2, 0.25) is 0 Å². The molecule has 120 valence electrons. The highest BCUT2D eigenvalue weighted by Gasteiger charge is 2.36. The predicted molar refractivity (Wildman–Crippen MR) is 92.4 cm³/mol. The number of nitrogens with zero attached hydrogens (tertiary/aromatic N) is 5. The molecule has 1 aromatic rings. The molecule has 0 radical (unpaired) electrons. The summed E-state index contributed by atoms with van der Waals surface area (Å²) in [5, 5.41) is 0. The normalized spacial score (nSPS) is 21.6. The predicted octanol–water partition coefficient (Wildman–Crippen LogP) is 1.20. The summed E-state index contributed by atoms with van der Waals surface area (Å²) in [6.07, 6.45) is 9.61. The maximum Gasteiger partial charge on any atom is 0.225 e. The number of aromatic nitrogens is 2. The van der Waals surface area contributed by atoms with E-state index in [-0.39, 0.29) is 0 Å². The largest absolute Gasteiger partial charge is 0.370 e. The first-order valence-electron chi connectivity index (χ1n) is 7.84. The first-order chi connectivity index (χ1) is 10.7. The molecule has 1 aromatic heterocycles. The van der Waals surface area contributed by atoms with Gasteiger partial charge in [-0.1, -0.05) is 6.42 Å². The van der Waals surface area contributed by atoms with Gasteiger partial charge in [0, 0.05) is 43.3 Å². The summed E-state index contributed by atoms with van der Waals surface area (Å²) in [5.74, 6) is 1.49. The Morgan fingerprint density at radius 3 is 2.50 bits per heavy atom. The standard InChI is InChI=1S/C15H24N6S/c1-22-15(4-2-5-15)12-19-13(16)20-8-10-21(11-9-20)14-17-6-3-7-18-14/h3,6-7H,2,4-5,8-12H2,1H3,(H2,16,19). The Hall–Kier alpha value is -1.50. The van der Waals surface area contributed by atoms with Crippen LogP contribution in [0.15, 0.2) is 23.5 Å². The van der Waals surface area contributed by atoms with Crippen LogP contribution in [0.1, 0.15) is 19.3 Å². The molecule has 1 saturated carbocycles. The van der Waals surface area contributed by atoms with E-state index in [1.54, 1.807) is 12.4 Å². The third kappa shape index (κ3) is 3.29. The second kappa shape index (κ2) is 6.73. The van der Waals surface area contributed by atoms with Crippen molar-refractivity contribution in [3.63, 3.8) is 0 Å². The van der Waals surface area contributed by atoms with Gasteiger partial charge in [0.15, 0.2) is 5.96 Å². The number of hydrogen-bond acceptors (Lipinski definition) is 5. The molecule has 6 nitrogen and oxygen atoms in total. The van der Waals surface area contributed by atoms with Gasteiger partial charge in [-0.15, -0.1) is 0 Å². The van der Waals surface area contributed by atoms with Crippen molar-refractivity contribution < 1.29 is 0 Å². The van der Waals surface area contributed by atoms with Crippen molar-refractivity contribution in [3.05, 3.63) is 18.5 Å². The van der Waals surface area contributed by atoms with E-state index in [0.29, 0.717) is 10.7 Å². The van der Waals surface area contributed by atoms with Crippen molar-refractivity contribution >= 4 is 23.7 Å².